The molecule has 0 aliphatic carbocycles. The van der Waals surface area contributed by atoms with Crippen molar-refractivity contribution in [2.75, 3.05) is 5.32 Å². The van der Waals surface area contributed by atoms with Gasteiger partial charge in [-0.3, -0.25) is 9.59 Å². The predicted octanol–water partition coefficient (Wildman–Crippen LogP) is 3.83. The summed E-state index contributed by atoms with van der Waals surface area (Å²) in [5.74, 6) is -1.32. The molecule has 4 nitrogen and oxygen atoms in total. The molecule has 1 unspecified atom stereocenters. The third kappa shape index (κ3) is 3.95. The second kappa shape index (κ2) is 7.22. The van der Waals surface area contributed by atoms with Crippen molar-refractivity contribution in [1.29, 1.82) is 0 Å². The number of carbonyl (C=O) groups is 2. The second-order valence-electron chi connectivity index (χ2n) is 5.22. The molecule has 0 spiro atoms. The van der Waals surface area contributed by atoms with Crippen molar-refractivity contribution in [3.05, 3.63) is 51.7 Å². The summed E-state index contributed by atoms with van der Waals surface area (Å²) in [5, 5.41) is 13.7. The quantitative estimate of drug-likeness (QED) is 0.851. The Morgan fingerprint density at radius 1 is 1.23 bits per heavy atom. The molecule has 0 fully saturated rings. The summed E-state index contributed by atoms with van der Waals surface area (Å²) < 4.78 is 0. The lowest BCUT2D eigenvalue weighted by atomic mass is 10.0. The summed E-state index contributed by atoms with van der Waals surface area (Å²) >= 11 is 1.44. The fourth-order valence-corrected chi connectivity index (χ4v) is 3.06. The van der Waals surface area contributed by atoms with E-state index < -0.39 is 11.9 Å². The third-order valence-corrected chi connectivity index (χ3v) is 4.46. The Balaban J connectivity index is 2.02. The summed E-state index contributed by atoms with van der Waals surface area (Å²) in [7, 11) is 0. The van der Waals surface area contributed by atoms with E-state index in [1.807, 2.05) is 30.5 Å². The van der Waals surface area contributed by atoms with Crippen molar-refractivity contribution in [2.24, 2.45) is 5.92 Å². The van der Waals surface area contributed by atoms with E-state index in [0.717, 1.165) is 22.4 Å². The van der Waals surface area contributed by atoms with E-state index in [4.69, 9.17) is 5.11 Å². The number of aryl methyl sites for hydroxylation is 1. The Hall–Kier alpha value is -2.14. The van der Waals surface area contributed by atoms with Gasteiger partial charge in [0.2, 0.25) is 0 Å². The Bertz CT molecular complexity index is 661. The molecule has 0 saturated carbocycles. The lowest BCUT2D eigenvalue weighted by Crippen LogP contribution is -2.13. The summed E-state index contributed by atoms with van der Waals surface area (Å²) in [4.78, 5) is 23.8. The van der Waals surface area contributed by atoms with Crippen LogP contribution in [0.3, 0.4) is 0 Å². The van der Waals surface area contributed by atoms with E-state index in [1.54, 1.807) is 19.1 Å². The molecule has 0 aliphatic rings. The van der Waals surface area contributed by atoms with Crippen molar-refractivity contribution >= 4 is 28.9 Å². The largest absolute Gasteiger partial charge is 0.481 e. The molecule has 1 heterocycles. The number of anilines is 1. The fraction of sp³-hybridized carbons (Fsp3) is 0.294. The molecule has 0 saturated heterocycles. The number of carboxylic acid groups (broad SMARTS) is 1. The zero-order chi connectivity index (χ0) is 16.1. The zero-order valence-corrected chi connectivity index (χ0v) is 13.4. The van der Waals surface area contributed by atoms with Gasteiger partial charge in [-0.1, -0.05) is 26.0 Å². The number of hydrogen-bond acceptors (Lipinski definition) is 3. The molecule has 1 amide bonds. The standard InChI is InChI=1S/C17H19NO3S/c1-3-13-8-9-22-15(13)16(19)18-14-6-4-12(5-7-14)10-11(2)17(20)21/h4-9,11H,3,10H2,1-2H3,(H,18,19)(H,20,21). The normalized spacial score (nSPS) is 11.9. The molecule has 1 aromatic carbocycles. The highest BCUT2D eigenvalue weighted by Gasteiger charge is 2.13. The van der Waals surface area contributed by atoms with Gasteiger partial charge in [0, 0.05) is 5.69 Å². The Morgan fingerprint density at radius 2 is 1.91 bits per heavy atom. The van der Waals surface area contributed by atoms with Crippen molar-refractivity contribution in [3.8, 4) is 0 Å². The maximum absolute atomic E-state index is 12.2. The van der Waals surface area contributed by atoms with Gasteiger partial charge >= 0.3 is 5.97 Å². The molecule has 116 valence electrons. The number of carboxylic acids is 1. The lowest BCUT2D eigenvalue weighted by Gasteiger charge is -2.08. The number of carbonyl (C=O) groups excluding carboxylic acids is 1. The number of aliphatic carboxylic acids is 1. The first-order chi connectivity index (χ1) is 10.5. The van der Waals surface area contributed by atoms with Gasteiger partial charge in [0.05, 0.1) is 10.8 Å². The highest BCUT2D eigenvalue weighted by atomic mass is 32.1. The van der Waals surface area contributed by atoms with Crippen LogP contribution >= 0.6 is 11.3 Å². The summed E-state index contributed by atoms with van der Waals surface area (Å²) in [6.07, 6.45) is 1.31. The van der Waals surface area contributed by atoms with E-state index in [0.29, 0.717) is 12.1 Å². The molecule has 1 atom stereocenters. The predicted molar refractivity (Wildman–Crippen MR) is 88.6 cm³/mol. The number of benzene rings is 1. The smallest absolute Gasteiger partial charge is 0.306 e. The van der Waals surface area contributed by atoms with Gasteiger partial charge in [-0.25, -0.2) is 0 Å². The minimum Gasteiger partial charge on any atom is -0.481 e. The molecular weight excluding hydrogens is 298 g/mol. The molecule has 2 rings (SSSR count). The number of amides is 1. The maximum atomic E-state index is 12.2. The topological polar surface area (TPSA) is 66.4 Å². The number of hydrogen-bond donors (Lipinski definition) is 2. The van der Waals surface area contributed by atoms with Gasteiger partial charge in [-0.05, 0) is 47.5 Å². The van der Waals surface area contributed by atoms with Gasteiger partial charge in [0.15, 0.2) is 0 Å². The molecule has 0 aliphatic heterocycles. The van der Waals surface area contributed by atoms with Gasteiger partial charge in [0.1, 0.15) is 0 Å². The third-order valence-electron chi connectivity index (χ3n) is 3.51. The zero-order valence-electron chi connectivity index (χ0n) is 12.6. The van der Waals surface area contributed by atoms with Crippen LogP contribution in [0, 0.1) is 5.92 Å². The number of thiophene rings is 1. The molecule has 0 bridgehead atoms. The van der Waals surface area contributed by atoms with Gasteiger partial charge in [0.25, 0.3) is 5.91 Å². The fourth-order valence-electron chi connectivity index (χ4n) is 2.17. The van der Waals surface area contributed by atoms with E-state index in [9.17, 15) is 9.59 Å². The van der Waals surface area contributed by atoms with Gasteiger partial charge in [-0.2, -0.15) is 0 Å². The van der Waals surface area contributed by atoms with Crippen LogP contribution in [0.25, 0.3) is 0 Å². The van der Waals surface area contributed by atoms with Crippen LogP contribution in [0.5, 0.6) is 0 Å². The Labute approximate surface area is 133 Å². The van der Waals surface area contributed by atoms with Crippen molar-refractivity contribution in [2.45, 2.75) is 26.7 Å². The highest BCUT2D eigenvalue weighted by Crippen LogP contribution is 2.20. The van der Waals surface area contributed by atoms with Crippen LogP contribution < -0.4 is 5.32 Å². The van der Waals surface area contributed by atoms with E-state index in [2.05, 4.69) is 5.32 Å². The van der Waals surface area contributed by atoms with Crippen LogP contribution in [0.15, 0.2) is 35.7 Å². The number of rotatable bonds is 6. The molecule has 1 aromatic heterocycles. The van der Waals surface area contributed by atoms with Crippen LogP contribution in [0.1, 0.15) is 34.6 Å². The second-order valence-corrected chi connectivity index (χ2v) is 6.14. The van der Waals surface area contributed by atoms with Crippen LogP contribution in [-0.2, 0) is 17.6 Å². The number of nitrogens with one attached hydrogen (secondary N) is 1. The van der Waals surface area contributed by atoms with Gasteiger partial charge in [-0.15, -0.1) is 11.3 Å². The maximum Gasteiger partial charge on any atom is 0.306 e. The van der Waals surface area contributed by atoms with E-state index >= 15 is 0 Å². The summed E-state index contributed by atoms with van der Waals surface area (Å²) in [6.45, 7) is 3.71. The minimum absolute atomic E-state index is 0.0986. The SMILES string of the molecule is CCc1ccsc1C(=O)Nc1ccc(CC(C)C(=O)O)cc1. The minimum atomic E-state index is -0.804. The van der Waals surface area contributed by atoms with Gasteiger partial charge < -0.3 is 10.4 Å². The van der Waals surface area contributed by atoms with E-state index in [1.165, 1.54) is 11.3 Å². The van der Waals surface area contributed by atoms with E-state index in [-0.39, 0.29) is 5.91 Å². The molecule has 2 N–H and O–H groups in total. The van der Waals surface area contributed by atoms with Crippen molar-refractivity contribution in [3.63, 3.8) is 0 Å². The summed E-state index contributed by atoms with van der Waals surface area (Å²) in [6, 6.07) is 9.28. The van der Waals surface area contributed by atoms with Crippen LogP contribution in [-0.4, -0.2) is 17.0 Å². The Morgan fingerprint density at radius 3 is 2.50 bits per heavy atom. The highest BCUT2D eigenvalue weighted by molar-refractivity contribution is 7.12. The first-order valence-electron chi connectivity index (χ1n) is 7.20. The van der Waals surface area contributed by atoms with Crippen molar-refractivity contribution in [1.82, 2.24) is 0 Å². The monoisotopic (exact) mass is 317 g/mol. The average molecular weight is 317 g/mol. The van der Waals surface area contributed by atoms with Crippen LogP contribution in [0.2, 0.25) is 0 Å². The molecule has 2 aromatic rings. The first-order valence-corrected chi connectivity index (χ1v) is 8.08. The average Bonchev–Trinajstić information content (AvgIpc) is 2.97. The lowest BCUT2D eigenvalue weighted by molar-refractivity contribution is -0.141. The first kappa shape index (κ1) is 16.2. The molecule has 22 heavy (non-hydrogen) atoms. The summed E-state index contributed by atoms with van der Waals surface area (Å²) in [5.41, 5.74) is 2.71. The molecular formula is C17H19NO3S. The van der Waals surface area contributed by atoms with Crippen molar-refractivity contribution < 1.29 is 14.7 Å². The Kier molecular flexibility index (Phi) is 5.33. The van der Waals surface area contributed by atoms with Crippen LogP contribution in [0.4, 0.5) is 5.69 Å². The molecule has 0 radical (unpaired) electrons. The molecule has 5 heteroatoms.